The molecule has 0 aromatic heterocycles. The van der Waals surface area contributed by atoms with Crippen LogP contribution in [0.15, 0.2) is 4.99 Å². The highest BCUT2D eigenvalue weighted by Crippen LogP contribution is 1.98. The van der Waals surface area contributed by atoms with Gasteiger partial charge >= 0.3 is 0 Å². The standard InChI is InChI=1S/C16H34N4O2/c1-4-17-16(19-7-11-22-14-15(2)3)18-6-5-8-20-9-12-21-13-10-20/h15H,4-14H2,1-3H3,(H2,17,18,19). The van der Waals surface area contributed by atoms with E-state index < -0.39 is 0 Å². The van der Waals surface area contributed by atoms with Gasteiger partial charge in [-0.2, -0.15) is 0 Å². The van der Waals surface area contributed by atoms with Crippen LogP contribution in [0.2, 0.25) is 0 Å². The molecule has 0 amide bonds. The first kappa shape index (κ1) is 19.2. The van der Waals surface area contributed by atoms with Crippen LogP contribution in [0, 0.1) is 5.92 Å². The van der Waals surface area contributed by atoms with Crippen LogP contribution in [0.5, 0.6) is 0 Å². The molecule has 1 saturated heterocycles. The summed E-state index contributed by atoms with van der Waals surface area (Å²) in [4.78, 5) is 7.06. The van der Waals surface area contributed by atoms with E-state index in [0.717, 1.165) is 78.1 Å². The van der Waals surface area contributed by atoms with Gasteiger partial charge in [-0.1, -0.05) is 13.8 Å². The third-order valence-electron chi connectivity index (χ3n) is 3.34. The smallest absolute Gasteiger partial charge is 0.191 e. The normalized spacial score (nSPS) is 17.0. The largest absolute Gasteiger partial charge is 0.379 e. The summed E-state index contributed by atoms with van der Waals surface area (Å²) in [6, 6.07) is 0. The van der Waals surface area contributed by atoms with Crippen molar-refractivity contribution in [1.29, 1.82) is 0 Å². The zero-order valence-electron chi connectivity index (χ0n) is 14.6. The van der Waals surface area contributed by atoms with Crippen LogP contribution in [0.25, 0.3) is 0 Å². The first-order valence-electron chi connectivity index (χ1n) is 8.62. The second kappa shape index (κ2) is 12.7. The van der Waals surface area contributed by atoms with Gasteiger partial charge in [0.15, 0.2) is 5.96 Å². The summed E-state index contributed by atoms with van der Waals surface area (Å²) in [6.07, 6.45) is 1.08. The van der Waals surface area contributed by atoms with E-state index >= 15 is 0 Å². The maximum absolute atomic E-state index is 5.56. The van der Waals surface area contributed by atoms with E-state index in [-0.39, 0.29) is 0 Å². The first-order valence-corrected chi connectivity index (χ1v) is 8.62. The zero-order valence-corrected chi connectivity index (χ0v) is 14.6. The Bertz CT molecular complexity index is 292. The molecule has 0 spiro atoms. The Morgan fingerprint density at radius 3 is 2.73 bits per heavy atom. The molecule has 130 valence electrons. The van der Waals surface area contributed by atoms with E-state index in [9.17, 15) is 0 Å². The molecule has 0 aromatic carbocycles. The molecule has 0 aromatic rings. The van der Waals surface area contributed by atoms with E-state index in [1.165, 1.54) is 0 Å². The molecule has 0 unspecified atom stereocenters. The van der Waals surface area contributed by atoms with Crippen molar-refractivity contribution >= 4 is 5.96 Å². The Morgan fingerprint density at radius 1 is 1.27 bits per heavy atom. The van der Waals surface area contributed by atoms with E-state index in [1.54, 1.807) is 0 Å². The minimum Gasteiger partial charge on any atom is -0.379 e. The monoisotopic (exact) mass is 314 g/mol. The van der Waals surface area contributed by atoms with Crippen molar-refractivity contribution in [1.82, 2.24) is 15.5 Å². The van der Waals surface area contributed by atoms with Crippen LogP contribution >= 0.6 is 0 Å². The van der Waals surface area contributed by atoms with Crippen LogP contribution in [-0.4, -0.2) is 76.6 Å². The fourth-order valence-electron chi connectivity index (χ4n) is 2.21. The van der Waals surface area contributed by atoms with Gasteiger partial charge in [-0.15, -0.1) is 0 Å². The van der Waals surface area contributed by atoms with E-state index in [1.807, 2.05) is 0 Å². The van der Waals surface area contributed by atoms with Crippen molar-refractivity contribution in [2.75, 3.05) is 65.7 Å². The molecule has 0 bridgehead atoms. The minimum absolute atomic E-state index is 0.585. The van der Waals surface area contributed by atoms with Crippen molar-refractivity contribution in [3.05, 3.63) is 0 Å². The molecule has 1 rings (SSSR count). The van der Waals surface area contributed by atoms with Crippen LogP contribution < -0.4 is 10.6 Å². The van der Waals surface area contributed by atoms with Gasteiger partial charge in [-0.25, -0.2) is 0 Å². The van der Waals surface area contributed by atoms with Gasteiger partial charge < -0.3 is 20.1 Å². The van der Waals surface area contributed by atoms with Gasteiger partial charge in [0.2, 0.25) is 0 Å². The summed E-state index contributed by atoms with van der Waals surface area (Å²) < 4.78 is 10.9. The molecule has 0 saturated carbocycles. The maximum Gasteiger partial charge on any atom is 0.191 e. The average Bonchev–Trinajstić information content (AvgIpc) is 2.51. The number of aliphatic imine (C=N–C) groups is 1. The molecule has 2 N–H and O–H groups in total. The van der Waals surface area contributed by atoms with Crippen LogP contribution in [0.3, 0.4) is 0 Å². The molecule has 1 aliphatic rings. The lowest BCUT2D eigenvalue weighted by atomic mass is 10.2. The number of hydrogen-bond donors (Lipinski definition) is 2. The summed E-state index contributed by atoms with van der Waals surface area (Å²) in [5.74, 6) is 1.47. The van der Waals surface area contributed by atoms with Crippen molar-refractivity contribution in [2.45, 2.75) is 27.2 Å². The summed E-state index contributed by atoms with van der Waals surface area (Å²) in [7, 11) is 0. The van der Waals surface area contributed by atoms with Crippen molar-refractivity contribution in [3.8, 4) is 0 Å². The highest BCUT2D eigenvalue weighted by Gasteiger charge is 2.08. The van der Waals surface area contributed by atoms with Gasteiger partial charge in [-0.05, 0) is 19.3 Å². The number of guanidine groups is 1. The van der Waals surface area contributed by atoms with E-state index in [4.69, 9.17) is 9.47 Å². The molecule has 0 aliphatic carbocycles. The molecule has 1 aliphatic heterocycles. The third kappa shape index (κ3) is 9.97. The number of ether oxygens (including phenoxy) is 2. The molecule has 0 radical (unpaired) electrons. The highest BCUT2D eigenvalue weighted by molar-refractivity contribution is 5.79. The van der Waals surface area contributed by atoms with E-state index in [2.05, 4.69) is 41.3 Å². The number of nitrogens with one attached hydrogen (secondary N) is 2. The topological polar surface area (TPSA) is 58.1 Å². The van der Waals surface area contributed by atoms with Crippen molar-refractivity contribution in [3.63, 3.8) is 0 Å². The molecule has 22 heavy (non-hydrogen) atoms. The third-order valence-corrected chi connectivity index (χ3v) is 3.34. The molecular weight excluding hydrogens is 280 g/mol. The molecule has 6 nitrogen and oxygen atoms in total. The van der Waals surface area contributed by atoms with Gasteiger partial charge in [0, 0.05) is 45.9 Å². The number of hydrogen-bond acceptors (Lipinski definition) is 4. The maximum atomic E-state index is 5.56. The summed E-state index contributed by atoms with van der Waals surface area (Å²) in [6.45, 7) is 15.4. The predicted octanol–water partition coefficient (Wildman–Crippen LogP) is 0.936. The number of rotatable bonds is 10. The van der Waals surface area contributed by atoms with Gasteiger partial charge in [0.1, 0.15) is 0 Å². The summed E-state index contributed by atoms with van der Waals surface area (Å²) in [5.41, 5.74) is 0. The fraction of sp³-hybridized carbons (Fsp3) is 0.938. The Labute approximate surface area is 135 Å². The number of nitrogens with zero attached hydrogens (tertiary/aromatic N) is 2. The van der Waals surface area contributed by atoms with Gasteiger partial charge in [0.25, 0.3) is 0 Å². The quantitative estimate of drug-likeness (QED) is 0.357. The van der Waals surface area contributed by atoms with Gasteiger partial charge in [0.05, 0.1) is 19.8 Å². The van der Waals surface area contributed by atoms with Crippen LogP contribution in [0.4, 0.5) is 0 Å². The van der Waals surface area contributed by atoms with Crippen LogP contribution in [-0.2, 0) is 9.47 Å². The fourth-order valence-corrected chi connectivity index (χ4v) is 2.21. The Morgan fingerprint density at radius 2 is 2.05 bits per heavy atom. The molecule has 1 heterocycles. The summed E-state index contributed by atoms with van der Waals surface area (Å²) in [5, 5.41) is 6.58. The molecule has 1 fully saturated rings. The zero-order chi connectivity index (χ0) is 16.0. The lowest BCUT2D eigenvalue weighted by Crippen LogP contribution is -2.39. The lowest BCUT2D eigenvalue weighted by Gasteiger charge is -2.26. The van der Waals surface area contributed by atoms with Crippen molar-refractivity contribution < 1.29 is 9.47 Å². The van der Waals surface area contributed by atoms with Gasteiger partial charge in [-0.3, -0.25) is 9.89 Å². The average molecular weight is 314 g/mol. The Balaban J connectivity index is 2.11. The SMILES string of the molecule is CCNC(=NCCCN1CCOCC1)NCCOCC(C)C. The molecule has 0 atom stereocenters. The summed E-state index contributed by atoms with van der Waals surface area (Å²) >= 11 is 0. The second-order valence-electron chi connectivity index (χ2n) is 5.96. The molecule has 6 heteroatoms. The minimum atomic E-state index is 0.585. The highest BCUT2D eigenvalue weighted by atomic mass is 16.5. The Kier molecular flexibility index (Phi) is 11.1. The predicted molar refractivity (Wildman–Crippen MR) is 91.5 cm³/mol. The van der Waals surface area contributed by atoms with Crippen molar-refractivity contribution in [2.24, 2.45) is 10.9 Å². The second-order valence-corrected chi connectivity index (χ2v) is 5.96. The van der Waals surface area contributed by atoms with E-state index in [0.29, 0.717) is 5.92 Å². The first-order chi connectivity index (χ1) is 10.7. The lowest BCUT2D eigenvalue weighted by molar-refractivity contribution is 0.0377. The molecular formula is C16H34N4O2. The number of morpholine rings is 1. The van der Waals surface area contributed by atoms with Crippen LogP contribution in [0.1, 0.15) is 27.2 Å². The Hall–Kier alpha value is -0.850.